The highest BCUT2D eigenvalue weighted by Crippen LogP contribution is 2.42. The summed E-state index contributed by atoms with van der Waals surface area (Å²) >= 11 is 16.0. The van der Waals surface area contributed by atoms with Crippen molar-refractivity contribution >= 4 is 73.5 Å². The van der Waals surface area contributed by atoms with E-state index >= 15 is 0 Å². The minimum absolute atomic E-state index is 0.0934. The number of anilines is 3. The number of hydrogen-bond donors (Lipinski definition) is 2. The lowest BCUT2D eigenvalue weighted by Gasteiger charge is -2.41. The number of thiazole rings is 1. The van der Waals surface area contributed by atoms with E-state index in [1.54, 1.807) is 23.5 Å². The predicted octanol–water partition coefficient (Wildman–Crippen LogP) is 6.59. The highest BCUT2D eigenvalue weighted by molar-refractivity contribution is 7.21. The van der Waals surface area contributed by atoms with Gasteiger partial charge >= 0.3 is 0 Å². The fourth-order valence-electron chi connectivity index (χ4n) is 6.39. The monoisotopic (exact) mass is 646 g/mol. The van der Waals surface area contributed by atoms with Crippen molar-refractivity contribution in [3.63, 3.8) is 0 Å². The van der Waals surface area contributed by atoms with Crippen molar-refractivity contribution in [2.45, 2.75) is 51.0 Å². The molecule has 1 aliphatic carbocycles. The van der Waals surface area contributed by atoms with Crippen LogP contribution in [0.2, 0.25) is 10.0 Å². The van der Waals surface area contributed by atoms with Gasteiger partial charge < -0.3 is 15.5 Å². The average molecular weight is 648 g/mol. The largest absolute Gasteiger partial charge is 0.370 e. The number of aromatic nitrogens is 1. The number of piperazine rings is 1. The molecule has 1 saturated carbocycles. The number of thiophene rings is 1. The highest BCUT2D eigenvalue weighted by Gasteiger charge is 2.29. The maximum Gasteiger partial charge on any atom is 0.257 e. The van der Waals surface area contributed by atoms with Gasteiger partial charge in [-0.15, -0.1) is 11.3 Å². The van der Waals surface area contributed by atoms with Crippen LogP contribution >= 0.6 is 45.9 Å². The van der Waals surface area contributed by atoms with E-state index in [9.17, 15) is 9.59 Å². The van der Waals surface area contributed by atoms with Crippen LogP contribution in [0.3, 0.4) is 0 Å². The molecule has 2 saturated heterocycles. The van der Waals surface area contributed by atoms with Crippen molar-refractivity contribution in [1.82, 2.24) is 9.88 Å². The number of amides is 2. The molecule has 0 atom stereocenters. The standard InChI is InChI=1S/C30H36Cl2N6O2S2/c31-21-17-25(41-18-21)26-29(38-14-12-36(13-15-38)22-4-2-1-3-5-22)42-30(34-26)35-28(40)20-6-7-24(23(32)16-20)37-10-8-19(9-11-37)27(33)39/h6-7,16-19,22H,1-5,8-15H2,(H2,33,39)(H,34,35,40). The third-order valence-corrected chi connectivity index (χ3v) is 11.4. The molecule has 0 unspecified atom stereocenters. The number of nitrogens with one attached hydrogen (secondary N) is 1. The zero-order valence-electron chi connectivity index (χ0n) is 23.5. The molecule has 3 aromatic rings. The Balaban J connectivity index is 1.16. The van der Waals surface area contributed by atoms with Crippen LogP contribution in [0.5, 0.6) is 0 Å². The van der Waals surface area contributed by atoms with E-state index in [1.165, 1.54) is 43.4 Å². The first-order valence-corrected chi connectivity index (χ1v) is 17.2. The summed E-state index contributed by atoms with van der Waals surface area (Å²) in [6.45, 7) is 5.36. The van der Waals surface area contributed by atoms with E-state index in [2.05, 4.69) is 20.0 Å². The number of halogens is 2. The molecule has 3 aliphatic rings. The lowest BCUT2D eigenvalue weighted by atomic mass is 9.94. The van der Waals surface area contributed by atoms with Gasteiger partial charge in [-0.3, -0.25) is 19.8 Å². The van der Waals surface area contributed by atoms with Crippen LogP contribution in [-0.4, -0.2) is 67.0 Å². The van der Waals surface area contributed by atoms with Crippen LogP contribution in [0.4, 0.5) is 15.8 Å². The Morgan fingerprint density at radius 2 is 1.67 bits per heavy atom. The minimum atomic E-state index is -0.255. The Kier molecular flexibility index (Phi) is 9.26. The van der Waals surface area contributed by atoms with Crippen LogP contribution in [0.1, 0.15) is 55.3 Å². The lowest BCUT2D eigenvalue weighted by Crippen LogP contribution is -2.50. The van der Waals surface area contributed by atoms with Gasteiger partial charge in [-0.05, 0) is 49.9 Å². The molecule has 0 spiro atoms. The minimum Gasteiger partial charge on any atom is -0.370 e. The molecular weight excluding hydrogens is 611 g/mol. The van der Waals surface area contributed by atoms with Crippen molar-refractivity contribution in [2.24, 2.45) is 11.7 Å². The number of carbonyl (C=O) groups is 2. The van der Waals surface area contributed by atoms with Crippen molar-refractivity contribution in [2.75, 3.05) is 54.4 Å². The zero-order valence-corrected chi connectivity index (χ0v) is 26.6. The zero-order chi connectivity index (χ0) is 29.2. The molecule has 0 radical (unpaired) electrons. The fourth-order valence-corrected chi connectivity index (χ4v) is 8.85. The van der Waals surface area contributed by atoms with Gasteiger partial charge in [0.15, 0.2) is 5.13 Å². The lowest BCUT2D eigenvalue weighted by molar-refractivity contribution is -0.122. The first kappa shape index (κ1) is 29.7. The predicted molar refractivity (Wildman–Crippen MR) is 175 cm³/mol. The number of rotatable bonds is 7. The topological polar surface area (TPSA) is 94.8 Å². The second kappa shape index (κ2) is 13.1. The molecule has 2 amide bonds. The number of benzene rings is 1. The molecule has 3 N–H and O–H groups in total. The number of piperidine rings is 1. The van der Waals surface area contributed by atoms with E-state index in [1.807, 2.05) is 17.5 Å². The molecular formula is C30H36Cl2N6O2S2. The Morgan fingerprint density at radius 3 is 2.31 bits per heavy atom. The summed E-state index contributed by atoms with van der Waals surface area (Å²) in [7, 11) is 0. The maximum atomic E-state index is 13.3. The molecule has 42 heavy (non-hydrogen) atoms. The van der Waals surface area contributed by atoms with E-state index in [0.717, 1.165) is 47.4 Å². The van der Waals surface area contributed by atoms with Gasteiger partial charge in [-0.2, -0.15) is 0 Å². The third kappa shape index (κ3) is 6.58. The SMILES string of the molecule is NC(=O)C1CCN(c2ccc(C(=O)Nc3nc(-c4cc(Cl)cs4)c(N4CCN(C5CCCCC5)CC4)s3)cc2Cl)CC1. The summed E-state index contributed by atoms with van der Waals surface area (Å²) in [6, 6.07) is 8.02. The quantitative estimate of drug-likeness (QED) is 0.301. The van der Waals surface area contributed by atoms with Crippen LogP contribution in [0.25, 0.3) is 10.6 Å². The number of carbonyl (C=O) groups excluding carboxylic acids is 2. The summed E-state index contributed by atoms with van der Waals surface area (Å²) in [4.78, 5) is 37.9. The number of hydrogen-bond acceptors (Lipinski definition) is 8. The van der Waals surface area contributed by atoms with Crippen LogP contribution < -0.4 is 20.9 Å². The second-order valence-electron chi connectivity index (χ2n) is 11.4. The summed E-state index contributed by atoms with van der Waals surface area (Å²) in [6.07, 6.45) is 8.09. The molecule has 12 heteroatoms. The van der Waals surface area contributed by atoms with Crippen LogP contribution in [-0.2, 0) is 4.79 Å². The highest BCUT2D eigenvalue weighted by atomic mass is 35.5. The van der Waals surface area contributed by atoms with Gasteiger partial charge in [0.05, 0.1) is 20.6 Å². The molecule has 2 aromatic heterocycles. The Hall–Kier alpha value is -2.37. The molecule has 1 aromatic carbocycles. The first-order chi connectivity index (χ1) is 20.4. The van der Waals surface area contributed by atoms with Crippen molar-refractivity contribution in [3.05, 3.63) is 45.3 Å². The Morgan fingerprint density at radius 1 is 0.929 bits per heavy atom. The van der Waals surface area contributed by atoms with Gasteiger partial charge in [0.2, 0.25) is 5.91 Å². The van der Waals surface area contributed by atoms with Crippen molar-refractivity contribution < 1.29 is 9.59 Å². The van der Waals surface area contributed by atoms with Gasteiger partial charge in [0, 0.05) is 62.2 Å². The first-order valence-electron chi connectivity index (χ1n) is 14.7. The normalized spacial score (nSPS) is 19.3. The van der Waals surface area contributed by atoms with E-state index < -0.39 is 0 Å². The summed E-state index contributed by atoms with van der Waals surface area (Å²) in [5.41, 5.74) is 7.67. The molecule has 3 fully saturated rings. The summed E-state index contributed by atoms with van der Waals surface area (Å²) in [5, 5.41) is 7.75. The fraction of sp³-hybridized carbons (Fsp3) is 0.500. The average Bonchev–Trinajstić information content (AvgIpc) is 3.63. The van der Waals surface area contributed by atoms with Gasteiger partial charge in [-0.1, -0.05) is 53.8 Å². The van der Waals surface area contributed by atoms with Crippen LogP contribution in [0.15, 0.2) is 29.6 Å². The molecule has 8 nitrogen and oxygen atoms in total. The van der Waals surface area contributed by atoms with E-state index in [0.29, 0.717) is 52.7 Å². The molecule has 224 valence electrons. The molecule has 2 aliphatic heterocycles. The molecule has 0 bridgehead atoms. The summed E-state index contributed by atoms with van der Waals surface area (Å²) in [5.74, 6) is -0.594. The Labute approximate surface area is 264 Å². The second-order valence-corrected chi connectivity index (χ2v) is 14.1. The van der Waals surface area contributed by atoms with Gasteiger partial charge in [0.25, 0.3) is 5.91 Å². The smallest absolute Gasteiger partial charge is 0.257 e. The van der Waals surface area contributed by atoms with Crippen molar-refractivity contribution in [3.8, 4) is 10.6 Å². The van der Waals surface area contributed by atoms with E-state index in [4.69, 9.17) is 33.9 Å². The van der Waals surface area contributed by atoms with Crippen LogP contribution in [0, 0.1) is 5.92 Å². The van der Waals surface area contributed by atoms with Crippen molar-refractivity contribution in [1.29, 1.82) is 0 Å². The molecule has 6 rings (SSSR count). The third-order valence-electron chi connectivity index (χ3n) is 8.77. The number of nitrogens with two attached hydrogens (primary N) is 1. The van der Waals surface area contributed by atoms with Gasteiger partial charge in [-0.25, -0.2) is 4.98 Å². The summed E-state index contributed by atoms with van der Waals surface area (Å²) < 4.78 is 0. The maximum absolute atomic E-state index is 13.3. The Bertz CT molecular complexity index is 1420. The number of primary amides is 1. The number of nitrogens with zero attached hydrogens (tertiary/aromatic N) is 4. The van der Waals surface area contributed by atoms with Gasteiger partial charge in [0.1, 0.15) is 10.7 Å². The molecule has 4 heterocycles. The van der Waals surface area contributed by atoms with E-state index in [-0.39, 0.29) is 17.7 Å².